The predicted octanol–water partition coefficient (Wildman–Crippen LogP) is 3.13. The molecule has 1 aromatic carbocycles. The van der Waals surface area contributed by atoms with E-state index < -0.39 is 6.04 Å². The summed E-state index contributed by atoms with van der Waals surface area (Å²) < 4.78 is 5.25. The number of nitrogens with zero attached hydrogens (tertiary/aromatic N) is 3. The van der Waals surface area contributed by atoms with Crippen LogP contribution in [0.2, 0.25) is 5.02 Å². The second-order valence-electron chi connectivity index (χ2n) is 4.61. The first kappa shape index (κ1) is 14.2. The Morgan fingerprint density at radius 1 is 1.33 bits per heavy atom. The molecule has 2 heterocycles. The van der Waals surface area contributed by atoms with Crippen molar-refractivity contribution in [1.82, 2.24) is 15.1 Å². The van der Waals surface area contributed by atoms with Gasteiger partial charge in [-0.1, -0.05) is 35.0 Å². The molecule has 0 aliphatic rings. The monoisotopic (exact) mass is 320 g/mol. The van der Waals surface area contributed by atoms with Gasteiger partial charge in [-0.2, -0.15) is 4.98 Å². The summed E-state index contributed by atoms with van der Waals surface area (Å²) in [5.74, 6) is 0.924. The van der Waals surface area contributed by atoms with Gasteiger partial charge >= 0.3 is 0 Å². The van der Waals surface area contributed by atoms with E-state index in [1.807, 2.05) is 30.5 Å². The number of rotatable bonds is 4. The van der Waals surface area contributed by atoms with Crippen molar-refractivity contribution in [3.8, 4) is 0 Å². The van der Waals surface area contributed by atoms with Crippen molar-refractivity contribution >= 4 is 22.9 Å². The van der Waals surface area contributed by atoms with E-state index in [-0.39, 0.29) is 0 Å². The van der Waals surface area contributed by atoms with Gasteiger partial charge in [-0.3, -0.25) is 0 Å². The number of hydrogen-bond acceptors (Lipinski definition) is 6. The summed E-state index contributed by atoms with van der Waals surface area (Å²) in [4.78, 5) is 8.71. The van der Waals surface area contributed by atoms with Gasteiger partial charge in [0.05, 0.1) is 6.42 Å². The lowest BCUT2D eigenvalue weighted by atomic mass is 10.1. The minimum Gasteiger partial charge on any atom is -0.337 e. The molecule has 0 amide bonds. The molecule has 0 radical (unpaired) electrons. The SMILES string of the molecule is Cc1csc(Cc2noc([C@H](N)c3ccccc3Cl)n2)n1. The summed E-state index contributed by atoms with van der Waals surface area (Å²) in [6.45, 7) is 1.95. The first-order valence-corrected chi connectivity index (χ1v) is 7.62. The third kappa shape index (κ3) is 3.12. The van der Waals surface area contributed by atoms with Crippen molar-refractivity contribution in [2.24, 2.45) is 5.73 Å². The highest BCUT2D eigenvalue weighted by molar-refractivity contribution is 7.09. The van der Waals surface area contributed by atoms with E-state index >= 15 is 0 Å². The van der Waals surface area contributed by atoms with E-state index in [1.54, 1.807) is 17.4 Å². The van der Waals surface area contributed by atoms with E-state index in [0.29, 0.717) is 23.2 Å². The molecule has 3 aromatic rings. The average Bonchev–Trinajstić information content (AvgIpc) is 3.08. The van der Waals surface area contributed by atoms with Gasteiger partial charge in [0.1, 0.15) is 11.0 Å². The fourth-order valence-electron chi connectivity index (χ4n) is 1.95. The van der Waals surface area contributed by atoms with Crippen LogP contribution in [0.25, 0.3) is 0 Å². The molecule has 5 nitrogen and oxygen atoms in total. The number of thiazole rings is 1. The lowest BCUT2D eigenvalue weighted by molar-refractivity contribution is 0.363. The molecule has 0 bridgehead atoms. The molecule has 1 atom stereocenters. The Kier molecular flexibility index (Phi) is 4.01. The van der Waals surface area contributed by atoms with Gasteiger partial charge in [0.25, 0.3) is 0 Å². The third-order valence-electron chi connectivity index (χ3n) is 2.97. The molecule has 2 aromatic heterocycles. The molecule has 21 heavy (non-hydrogen) atoms. The number of hydrogen-bond donors (Lipinski definition) is 1. The van der Waals surface area contributed by atoms with Gasteiger partial charge in [-0.15, -0.1) is 11.3 Å². The molecule has 108 valence electrons. The number of halogens is 1. The minimum atomic E-state index is -0.530. The molecule has 0 saturated heterocycles. The second kappa shape index (κ2) is 5.93. The van der Waals surface area contributed by atoms with E-state index in [4.69, 9.17) is 21.9 Å². The Morgan fingerprint density at radius 2 is 2.14 bits per heavy atom. The Balaban J connectivity index is 1.80. The standard InChI is InChI=1S/C14H13ClN4OS/c1-8-7-21-12(17-8)6-11-18-14(20-19-11)13(16)9-4-2-3-5-10(9)15/h2-5,7,13H,6,16H2,1H3/t13-/m1/s1. The molecule has 0 aliphatic carbocycles. The van der Waals surface area contributed by atoms with Crippen molar-refractivity contribution in [2.45, 2.75) is 19.4 Å². The highest BCUT2D eigenvalue weighted by Gasteiger charge is 2.19. The number of aryl methyl sites for hydroxylation is 1. The maximum Gasteiger partial charge on any atom is 0.248 e. The predicted molar refractivity (Wildman–Crippen MR) is 81.4 cm³/mol. The first-order chi connectivity index (χ1) is 10.1. The smallest absolute Gasteiger partial charge is 0.248 e. The number of benzene rings is 1. The fourth-order valence-corrected chi connectivity index (χ4v) is 2.97. The summed E-state index contributed by atoms with van der Waals surface area (Å²) in [6.07, 6.45) is 0.539. The highest BCUT2D eigenvalue weighted by Crippen LogP contribution is 2.25. The summed E-state index contributed by atoms with van der Waals surface area (Å²) >= 11 is 7.71. The van der Waals surface area contributed by atoms with E-state index in [2.05, 4.69) is 15.1 Å². The van der Waals surface area contributed by atoms with Crippen molar-refractivity contribution < 1.29 is 4.52 Å². The quantitative estimate of drug-likeness (QED) is 0.799. The lowest BCUT2D eigenvalue weighted by Gasteiger charge is -2.08. The van der Waals surface area contributed by atoms with Gasteiger partial charge in [-0.25, -0.2) is 4.98 Å². The molecule has 3 rings (SSSR count). The van der Waals surface area contributed by atoms with Crippen LogP contribution < -0.4 is 5.73 Å². The van der Waals surface area contributed by atoms with Crippen LogP contribution in [0.3, 0.4) is 0 Å². The van der Waals surface area contributed by atoms with Crippen LogP contribution in [-0.2, 0) is 6.42 Å². The molecular weight excluding hydrogens is 308 g/mol. The first-order valence-electron chi connectivity index (χ1n) is 6.37. The fraction of sp³-hybridized carbons (Fsp3) is 0.214. The lowest BCUT2D eigenvalue weighted by Crippen LogP contribution is -2.12. The van der Waals surface area contributed by atoms with Crippen molar-refractivity contribution in [3.63, 3.8) is 0 Å². The maximum atomic E-state index is 6.13. The minimum absolute atomic E-state index is 0.353. The second-order valence-corrected chi connectivity index (χ2v) is 5.96. The molecule has 0 spiro atoms. The van der Waals surface area contributed by atoms with Crippen LogP contribution in [0.5, 0.6) is 0 Å². The van der Waals surface area contributed by atoms with Crippen molar-refractivity contribution in [2.75, 3.05) is 0 Å². The van der Waals surface area contributed by atoms with Gasteiger partial charge < -0.3 is 10.3 Å². The molecule has 0 unspecified atom stereocenters. The Bertz CT molecular complexity index is 755. The van der Waals surface area contributed by atoms with Crippen LogP contribution in [0, 0.1) is 6.92 Å². The molecule has 0 saturated carbocycles. The van der Waals surface area contributed by atoms with Crippen LogP contribution >= 0.6 is 22.9 Å². The van der Waals surface area contributed by atoms with Crippen molar-refractivity contribution in [3.05, 3.63) is 62.6 Å². The zero-order valence-corrected chi connectivity index (χ0v) is 12.9. The Morgan fingerprint density at radius 3 is 2.86 bits per heavy atom. The Hall–Kier alpha value is -1.76. The largest absolute Gasteiger partial charge is 0.337 e. The molecule has 0 aliphatic heterocycles. The maximum absolute atomic E-state index is 6.13. The molecular formula is C14H13ClN4OS. The van der Waals surface area contributed by atoms with Gasteiger partial charge in [0.2, 0.25) is 5.89 Å². The normalized spacial score (nSPS) is 12.5. The van der Waals surface area contributed by atoms with E-state index in [1.165, 1.54) is 0 Å². The highest BCUT2D eigenvalue weighted by atomic mass is 35.5. The van der Waals surface area contributed by atoms with E-state index in [0.717, 1.165) is 16.3 Å². The van der Waals surface area contributed by atoms with Crippen LogP contribution in [0.15, 0.2) is 34.2 Å². The molecule has 7 heteroatoms. The van der Waals surface area contributed by atoms with E-state index in [9.17, 15) is 0 Å². The van der Waals surface area contributed by atoms with Gasteiger partial charge in [-0.05, 0) is 18.6 Å². The summed E-state index contributed by atoms with van der Waals surface area (Å²) in [7, 11) is 0. The number of aromatic nitrogens is 3. The van der Waals surface area contributed by atoms with Crippen molar-refractivity contribution in [1.29, 1.82) is 0 Å². The Labute approximate surface area is 130 Å². The summed E-state index contributed by atoms with van der Waals surface area (Å²) in [5.41, 5.74) is 7.89. The van der Waals surface area contributed by atoms with Gasteiger partial charge in [0, 0.05) is 16.1 Å². The summed E-state index contributed by atoms with van der Waals surface area (Å²) in [6, 6.07) is 6.82. The third-order valence-corrected chi connectivity index (χ3v) is 4.28. The average molecular weight is 321 g/mol. The van der Waals surface area contributed by atoms with Crippen LogP contribution in [0.4, 0.5) is 0 Å². The molecule has 2 N–H and O–H groups in total. The van der Waals surface area contributed by atoms with Gasteiger partial charge in [0.15, 0.2) is 5.82 Å². The zero-order chi connectivity index (χ0) is 14.8. The topological polar surface area (TPSA) is 77.8 Å². The van der Waals surface area contributed by atoms with Crippen LogP contribution in [-0.4, -0.2) is 15.1 Å². The summed E-state index contributed by atoms with van der Waals surface area (Å²) in [5, 5.41) is 7.48. The molecule has 0 fully saturated rings. The van der Waals surface area contributed by atoms with Crippen LogP contribution in [0.1, 0.15) is 34.0 Å². The number of nitrogens with two attached hydrogens (primary N) is 1. The zero-order valence-electron chi connectivity index (χ0n) is 11.3.